The minimum Gasteiger partial charge on any atom is -0.327 e. The van der Waals surface area contributed by atoms with Crippen molar-refractivity contribution >= 4 is 11.0 Å². The SMILES string of the molecule is CC(C)CCNCCCn1c(CN(C)C2CCCc3cccnc32)nc2ccccc21. The predicted molar refractivity (Wildman–Crippen MR) is 128 cm³/mol. The Kier molecular flexibility index (Phi) is 7.36. The molecule has 0 amide bonds. The molecular formula is C26H37N5. The molecule has 5 heteroatoms. The Morgan fingerprint density at radius 2 is 2.03 bits per heavy atom. The van der Waals surface area contributed by atoms with Gasteiger partial charge in [-0.05, 0) is 81.9 Å². The van der Waals surface area contributed by atoms with E-state index in [9.17, 15) is 0 Å². The Bertz CT molecular complexity index is 977. The molecule has 0 aliphatic heterocycles. The molecule has 0 bridgehead atoms. The van der Waals surface area contributed by atoms with Crippen molar-refractivity contribution in [3.05, 3.63) is 59.7 Å². The van der Waals surface area contributed by atoms with Gasteiger partial charge in [0.15, 0.2) is 0 Å². The summed E-state index contributed by atoms with van der Waals surface area (Å²) in [5.74, 6) is 1.92. The molecule has 1 aromatic carbocycles. The van der Waals surface area contributed by atoms with E-state index in [4.69, 9.17) is 9.97 Å². The number of hydrogen-bond acceptors (Lipinski definition) is 4. The van der Waals surface area contributed by atoms with Crippen LogP contribution >= 0.6 is 0 Å². The highest BCUT2D eigenvalue weighted by molar-refractivity contribution is 5.75. The lowest BCUT2D eigenvalue weighted by atomic mass is 9.91. The van der Waals surface area contributed by atoms with Gasteiger partial charge in [-0.15, -0.1) is 0 Å². The molecule has 0 saturated heterocycles. The van der Waals surface area contributed by atoms with E-state index >= 15 is 0 Å². The third-order valence-corrected chi connectivity index (χ3v) is 6.46. The average molecular weight is 420 g/mol. The van der Waals surface area contributed by atoms with Crippen LogP contribution < -0.4 is 5.32 Å². The van der Waals surface area contributed by atoms with Crippen LogP contribution in [0, 0.1) is 5.92 Å². The van der Waals surface area contributed by atoms with E-state index < -0.39 is 0 Å². The first kappa shape index (κ1) is 22.0. The van der Waals surface area contributed by atoms with Gasteiger partial charge in [-0.25, -0.2) is 4.98 Å². The lowest BCUT2D eigenvalue weighted by Crippen LogP contribution is -2.29. The second kappa shape index (κ2) is 10.4. The van der Waals surface area contributed by atoms with Crippen molar-refractivity contribution in [1.82, 2.24) is 24.8 Å². The molecule has 2 aromatic heterocycles. The summed E-state index contributed by atoms with van der Waals surface area (Å²) in [5.41, 5.74) is 5.01. The molecule has 5 nitrogen and oxygen atoms in total. The molecule has 0 radical (unpaired) electrons. The van der Waals surface area contributed by atoms with Gasteiger partial charge in [-0.3, -0.25) is 9.88 Å². The van der Waals surface area contributed by atoms with Crippen LogP contribution in [0.4, 0.5) is 0 Å². The zero-order valence-corrected chi connectivity index (χ0v) is 19.3. The van der Waals surface area contributed by atoms with Gasteiger partial charge in [0.1, 0.15) is 5.82 Å². The maximum atomic E-state index is 5.02. The summed E-state index contributed by atoms with van der Waals surface area (Å²) in [6.45, 7) is 8.55. The fourth-order valence-corrected chi connectivity index (χ4v) is 4.72. The first-order chi connectivity index (χ1) is 15.1. The van der Waals surface area contributed by atoms with E-state index in [2.05, 4.69) is 72.1 Å². The van der Waals surface area contributed by atoms with Crippen molar-refractivity contribution in [3.63, 3.8) is 0 Å². The van der Waals surface area contributed by atoms with Gasteiger partial charge >= 0.3 is 0 Å². The van der Waals surface area contributed by atoms with Gasteiger partial charge in [0.25, 0.3) is 0 Å². The smallest absolute Gasteiger partial charge is 0.124 e. The van der Waals surface area contributed by atoms with E-state index in [-0.39, 0.29) is 0 Å². The number of hydrogen-bond donors (Lipinski definition) is 1. The molecule has 1 aliphatic rings. The number of aryl methyl sites for hydroxylation is 2. The molecule has 0 saturated carbocycles. The molecule has 2 heterocycles. The highest BCUT2D eigenvalue weighted by Crippen LogP contribution is 2.33. The van der Waals surface area contributed by atoms with Gasteiger partial charge in [-0.2, -0.15) is 0 Å². The molecule has 1 atom stereocenters. The van der Waals surface area contributed by atoms with Crippen LogP contribution in [0.5, 0.6) is 0 Å². The number of fused-ring (bicyclic) bond motifs is 2. The van der Waals surface area contributed by atoms with E-state index in [1.807, 2.05) is 6.20 Å². The molecule has 1 aliphatic carbocycles. The van der Waals surface area contributed by atoms with E-state index in [1.165, 1.54) is 36.0 Å². The zero-order valence-electron chi connectivity index (χ0n) is 19.3. The standard InChI is InChI=1S/C26H37N5/c1-20(2)14-17-27-15-8-18-31-23-12-5-4-11-22(23)29-25(31)19-30(3)24-13-6-9-21-10-7-16-28-26(21)24/h4-5,7,10-12,16,20,24,27H,6,8-9,13-15,17-19H2,1-3H3. The summed E-state index contributed by atoms with van der Waals surface area (Å²) in [7, 11) is 2.23. The normalized spacial score (nSPS) is 16.4. The lowest BCUT2D eigenvalue weighted by molar-refractivity contribution is 0.201. The minimum atomic E-state index is 0.371. The number of imidazole rings is 1. The van der Waals surface area contributed by atoms with E-state index in [1.54, 1.807) is 0 Å². The molecule has 4 rings (SSSR count). The van der Waals surface area contributed by atoms with Crippen molar-refractivity contribution < 1.29 is 0 Å². The van der Waals surface area contributed by atoms with Crippen molar-refractivity contribution in [2.75, 3.05) is 20.1 Å². The number of nitrogens with zero attached hydrogens (tertiary/aromatic N) is 4. The molecule has 3 aromatic rings. The molecule has 0 fully saturated rings. The largest absolute Gasteiger partial charge is 0.327 e. The number of aromatic nitrogens is 3. The number of para-hydroxylation sites is 2. The Balaban J connectivity index is 1.47. The van der Waals surface area contributed by atoms with Gasteiger partial charge in [-0.1, -0.05) is 32.0 Å². The van der Waals surface area contributed by atoms with Gasteiger partial charge in [0, 0.05) is 12.7 Å². The molecule has 166 valence electrons. The summed E-state index contributed by atoms with van der Waals surface area (Å²) in [6.07, 6.45) is 7.83. The number of rotatable bonds is 10. The van der Waals surface area contributed by atoms with Crippen LogP contribution in [0.15, 0.2) is 42.6 Å². The highest BCUT2D eigenvalue weighted by atomic mass is 15.2. The average Bonchev–Trinajstić information content (AvgIpc) is 3.12. The molecular weight excluding hydrogens is 382 g/mol. The minimum absolute atomic E-state index is 0.371. The van der Waals surface area contributed by atoms with Crippen molar-refractivity contribution in [2.24, 2.45) is 5.92 Å². The first-order valence-electron chi connectivity index (χ1n) is 11.9. The summed E-state index contributed by atoms with van der Waals surface area (Å²) >= 11 is 0. The second-order valence-corrected chi connectivity index (χ2v) is 9.33. The summed E-state index contributed by atoms with van der Waals surface area (Å²) in [5, 5.41) is 3.60. The van der Waals surface area contributed by atoms with Crippen LogP contribution in [0.25, 0.3) is 11.0 Å². The van der Waals surface area contributed by atoms with Crippen LogP contribution in [0.3, 0.4) is 0 Å². The van der Waals surface area contributed by atoms with E-state index in [0.29, 0.717) is 6.04 Å². The van der Waals surface area contributed by atoms with E-state index in [0.717, 1.165) is 56.3 Å². The van der Waals surface area contributed by atoms with Crippen molar-refractivity contribution in [3.8, 4) is 0 Å². The quantitative estimate of drug-likeness (QED) is 0.472. The van der Waals surface area contributed by atoms with Crippen LogP contribution in [0.2, 0.25) is 0 Å². The van der Waals surface area contributed by atoms with Gasteiger partial charge in [0.05, 0.1) is 29.3 Å². The topological polar surface area (TPSA) is 46.0 Å². The maximum absolute atomic E-state index is 5.02. The van der Waals surface area contributed by atoms with Gasteiger partial charge in [0.2, 0.25) is 0 Å². The Labute approximate surface area is 186 Å². The monoisotopic (exact) mass is 419 g/mol. The van der Waals surface area contributed by atoms with Crippen LogP contribution in [-0.2, 0) is 19.5 Å². The lowest BCUT2D eigenvalue weighted by Gasteiger charge is -2.32. The Morgan fingerprint density at radius 3 is 2.90 bits per heavy atom. The first-order valence-corrected chi connectivity index (χ1v) is 11.9. The molecule has 1 unspecified atom stereocenters. The second-order valence-electron chi connectivity index (χ2n) is 9.33. The third kappa shape index (κ3) is 5.34. The van der Waals surface area contributed by atoms with Crippen molar-refractivity contribution in [1.29, 1.82) is 0 Å². The molecule has 31 heavy (non-hydrogen) atoms. The summed E-state index contributed by atoms with van der Waals surface area (Å²) in [6, 6.07) is 13.2. The number of benzene rings is 1. The van der Waals surface area contributed by atoms with Crippen molar-refractivity contribution in [2.45, 2.75) is 65.1 Å². The number of nitrogens with one attached hydrogen (secondary N) is 1. The number of pyridine rings is 1. The molecule has 1 N–H and O–H groups in total. The Hall–Kier alpha value is -2.24. The Morgan fingerprint density at radius 1 is 1.16 bits per heavy atom. The summed E-state index contributed by atoms with van der Waals surface area (Å²) < 4.78 is 2.43. The van der Waals surface area contributed by atoms with Crippen LogP contribution in [-0.4, -0.2) is 39.6 Å². The zero-order chi connectivity index (χ0) is 21.6. The fraction of sp³-hybridized carbons (Fsp3) is 0.538. The third-order valence-electron chi connectivity index (χ3n) is 6.46. The molecule has 0 spiro atoms. The summed E-state index contributed by atoms with van der Waals surface area (Å²) in [4.78, 5) is 12.2. The highest BCUT2D eigenvalue weighted by Gasteiger charge is 2.26. The predicted octanol–water partition coefficient (Wildman–Crippen LogP) is 4.97. The fourth-order valence-electron chi connectivity index (χ4n) is 4.72. The maximum Gasteiger partial charge on any atom is 0.124 e. The van der Waals surface area contributed by atoms with Crippen LogP contribution in [0.1, 0.15) is 62.7 Å². The van der Waals surface area contributed by atoms with Gasteiger partial charge < -0.3 is 9.88 Å².